The van der Waals surface area contributed by atoms with Gasteiger partial charge in [0, 0.05) is 0 Å². The summed E-state index contributed by atoms with van der Waals surface area (Å²) in [5.74, 6) is -1.62. The van der Waals surface area contributed by atoms with E-state index in [1.54, 1.807) is 0 Å². The Morgan fingerprint density at radius 3 is 1.47 bits per heavy atom. The number of benzene rings is 1. The number of hydrogen-bond donors (Lipinski definition) is 2. The number of rotatable bonds is 16. The van der Waals surface area contributed by atoms with Crippen LogP contribution in [0.2, 0.25) is 0 Å². The lowest BCUT2D eigenvalue weighted by molar-refractivity contribution is -0.870. The summed E-state index contributed by atoms with van der Waals surface area (Å²) in [5, 5.41) is 19.0. The van der Waals surface area contributed by atoms with Gasteiger partial charge in [-0.05, 0) is 18.9 Å². The molecule has 5 N–H and O–H groups in total. The van der Waals surface area contributed by atoms with Crippen LogP contribution in [0.25, 0.3) is 0 Å². The van der Waals surface area contributed by atoms with E-state index in [9.17, 15) is 9.90 Å². The maximum Gasteiger partial charge on any atom is 0.335 e. The molecule has 0 aromatic heterocycles. The lowest BCUT2D eigenvalue weighted by atomic mass is 10.0. The Balaban J connectivity index is -0.000000591. The monoisotopic (exact) mass is 474 g/mol. The van der Waals surface area contributed by atoms with Gasteiger partial charge in [0.2, 0.25) is 0 Å². The van der Waals surface area contributed by atoms with E-state index in [-0.39, 0.29) is 24.1 Å². The molecule has 0 radical (unpaired) electrons. The fourth-order valence-corrected chi connectivity index (χ4v) is 3.42. The third kappa shape index (κ3) is 23.4. The third-order valence-electron chi connectivity index (χ3n) is 5.30. The van der Waals surface area contributed by atoms with Crippen LogP contribution < -0.4 is 23.7 Å². The van der Waals surface area contributed by atoms with Crippen molar-refractivity contribution in [3.05, 3.63) is 29.8 Å². The number of para-hydroxylation sites is 1. The average Bonchev–Trinajstić information content (AvgIpc) is 2.68. The van der Waals surface area contributed by atoms with Gasteiger partial charge in [0.1, 0.15) is 0 Å². The first-order valence-electron chi connectivity index (χ1n) is 12.1. The SMILES string of the molecule is CCCCCCCCCCCCCCCC[N+](C)(C)C.O=C(O)c1ccccc1[O-].[Cl-].[NH4+]. The molecule has 0 unspecified atom stereocenters. The molecule has 0 spiro atoms. The molecular weight excluding hydrogens is 424 g/mol. The minimum atomic E-state index is -1.18. The molecule has 1 rings (SSSR count). The number of carbonyl (C=O) groups is 1. The molecule has 0 aliphatic carbocycles. The number of carboxylic acid groups (broad SMARTS) is 1. The van der Waals surface area contributed by atoms with Crippen LogP contribution in [0.5, 0.6) is 5.75 Å². The van der Waals surface area contributed by atoms with Gasteiger partial charge in [0.15, 0.2) is 0 Å². The number of halogens is 1. The number of hydrogen-bond acceptors (Lipinski definition) is 2. The lowest BCUT2D eigenvalue weighted by Gasteiger charge is -2.23. The van der Waals surface area contributed by atoms with Crippen LogP contribution in [0.1, 0.15) is 107 Å². The van der Waals surface area contributed by atoms with E-state index in [2.05, 4.69) is 28.1 Å². The van der Waals surface area contributed by atoms with Crippen molar-refractivity contribution in [2.75, 3.05) is 27.7 Å². The second kappa shape index (κ2) is 22.9. The molecule has 0 aliphatic rings. The molecule has 6 heteroatoms. The quantitative estimate of drug-likeness (QED) is 0.279. The molecule has 0 bridgehead atoms. The zero-order chi connectivity index (χ0) is 22.7. The number of unbranched alkanes of at least 4 members (excludes halogenated alkanes) is 13. The van der Waals surface area contributed by atoms with Gasteiger partial charge >= 0.3 is 5.97 Å². The van der Waals surface area contributed by atoms with Gasteiger partial charge in [0.05, 0.1) is 33.3 Å². The van der Waals surface area contributed by atoms with Crippen molar-refractivity contribution in [2.45, 2.75) is 96.8 Å². The van der Waals surface area contributed by atoms with Crippen molar-refractivity contribution >= 4 is 5.97 Å². The van der Waals surface area contributed by atoms with Crippen molar-refractivity contribution in [3.8, 4) is 5.75 Å². The fourth-order valence-electron chi connectivity index (χ4n) is 3.42. The Kier molecular flexibility index (Phi) is 25.2. The molecule has 190 valence electrons. The van der Waals surface area contributed by atoms with E-state index < -0.39 is 11.7 Å². The van der Waals surface area contributed by atoms with E-state index in [1.807, 2.05) is 0 Å². The highest BCUT2D eigenvalue weighted by molar-refractivity contribution is 5.90. The highest BCUT2D eigenvalue weighted by atomic mass is 35.5. The molecule has 0 amide bonds. The largest absolute Gasteiger partial charge is 1.00 e. The zero-order valence-electron chi connectivity index (χ0n) is 21.5. The van der Waals surface area contributed by atoms with Gasteiger partial charge in [0.25, 0.3) is 0 Å². The summed E-state index contributed by atoms with van der Waals surface area (Å²) in [4.78, 5) is 10.2. The Bertz CT molecular complexity index is 548. The molecule has 0 fully saturated rings. The van der Waals surface area contributed by atoms with E-state index in [0.717, 1.165) is 4.48 Å². The maximum atomic E-state index is 10.7. The third-order valence-corrected chi connectivity index (χ3v) is 5.30. The van der Waals surface area contributed by atoms with Crippen molar-refractivity contribution in [1.82, 2.24) is 6.15 Å². The van der Waals surface area contributed by atoms with Crippen molar-refractivity contribution in [2.24, 2.45) is 0 Å². The molecule has 0 saturated heterocycles. The number of nitrogens with zero attached hydrogens (tertiary/aromatic N) is 1. The number of quaternary nitrogens is 2. The topological polar surface area (TPSA) is 96.9 Å². The Hall–Kier alpha value is -1.30. The molecule has 5 nitrogen and oxygen atoms in total. The lowest BCUT2D eigenvalue weighted by Crippen LogP contribution is -3.00. The Morgan fingerprint density at radius 1 is 0.781 bits per heavy atom. The van der Waals surface area contributed by atoms with Gasteiger partial charge < -0.3 is 33.3 Å². The molecule has 0 aliphatic heterocycles. The molecule has 0 saturated carbocycles. The molecule has 32 heavy (non-hydrogen) atoms. The second-order valence-electron chi connectivity index (χ2n) is 9.41. The first-order chi connectivity index (χ1) is 14.3. The van der Waals surface area contributed by atoms with E-state index in [1.165, 1.54) is 121 Å². The minimum absolute atomic E-state index is 0. The predicted octanol–water partition coefficient (Wildman–Crippen LogP) is 4.01. The van der Waals surface area contributed by atoms with Crippen LogP contribution in [0.4, 0.5) is 0 Å². The Morgan fingerprint density at radius 2 is 1.16 bits per heavy atom. The summed E-state index contributed by atoms with van der Waals surface area (Å²) >= 11 is 0. The van der Waals surface area contributed by atoms with Crippen LogP contribution in [0, 0.1) is 0 Å². The van der Waals surface area contributed by atoms with Crippen LogP contribution in [0.15, 0.2) is 24.3 Å². The first kappa shape index (κ1) is 35.3. The fraction of sp³-hybridized carbons (Fsp3) is 0.731. The van der Waals surface area contributed by atoms with Gasteiger partial charge in [-0.2, -0.15) is 0 Å². The zero-order valence-corrected chi connectivity index (χ0v) is 22.3. The van der Waals surface area contributed by atoms with Crippen LogP contribution in [-0.2, 0) is 0 Å². The van der Waals surface area contributed by atoms with Gasteiger partial charge in [-0.3, -0.25) is 0 Å². The molecular formula is C26H51ClN2O3. The molecule has 0 heterocycles. The average molecular weight is 475 g/mol. The van der Waals surface area contributed by atoms with E-state index >= 15 is 0 Å². The summed E-state index contributed by atoms with van der Waals surface area (Å²) in [6, 6.07) is 5.54. The smallest absolute Gasteiger partial charge is 0.335 e. The summed E-state index contributed by atoms with van der Waals surface area (Å²) in [7, 11) is 6.88. The van der Waals surface area contributed by atoms with Crippen molar-refractivity contribution in [3.63, 3.8) is 0 Å². The van der Waals surface area contributed by atoms with Crippen molar-refractivity contribution in [1.29, 1.82) is 0 Å². The number of carboxylic acids is 1. The Labute approximate surface area is 204 Å². The van der Waals surface area contributed by atoms with Gasteiger partial charge in [-0.25, -0.2) is 4.79 Å². The summed E-state index contributed by atoms with van der Waals surface area (Å²) in [5.41, 5.74) is -0.178. The van der Waals surface area contributed by atoms with Crippen LogP contribution in [0.3, 0.4) is 0 Å². The van der Waals surface area contributed by atoms with E-state index in [4.69, 9.17) is 5.11 Å². The second-order valence-corrected chi connectivity index (χ2v) is 9.41. The maximum absolute atomic E-state index is 10.7. The summed E-state index contributed by atoms with van der Waals surface area (Å²) < 4.78 is 1.12. The summed E-state index contributed by atoms with van der Waals surface area (Å²) in [6.07, 6.45) is 20.4. The molecule has 1 aromatic carbocycles. The molecule has 1 aromatic rings. The predicted molar refractivity (Wildman–Crippen MR) is 132 cm³/mol. The normalized spacial score (nSPS) is 10.4. The minimum Gasteiger partial charge on any atom is -1.00 e. The first-order valence-corrected chi connectivity index (χ1v) is 12.1. The van der Waals surface area contributed by atoms with Gasteiger partial charge in [-0.15, -0.1) is 0 Å². The summed E-state index contributed by atoms with van der Waals surface area (Å²) in [6.45, 7) is 3.63. The van der Waals surface area contributed by atoms with Crippen LogP contribution in [-0.4, -0.2) is 43.2 Å². The van der Waals surface area contributed by atoms with Gasteiger partial charge in [-0.1, -0.05) is 108 Å². The molecule has 0 atom stereocenters. The van der Waals surface area contributed by atoms with E-state index in [0.29, 0.717) is 0 Å². The highest BCUT2D eigenvalue weighted by Crippen LogP contribution is 2.13. The number of aromatic carboxylic acids is 1. The van der Waals surface area contributed by atoms with Crippen molar-refractivity contribution < 1.29 is 31.9 Å². The highest BCUT2D eigenvalue weighted by Gasteiger charge is 2.05. The standard InChI is InChI=1S/C19H42N.C7H6O3.ClH.H3N/c1-5-6-7-8-9-10-11-12-13-14-15-16-17-18-19-20(2,3)4;8-6-4-2-1-3-5(6)7(9)10;;/h5-19H2,1-4H3;1-4,8H,(H,9,10);1H;1H3/q+1;;;/p-1. The van der Waals surface area contributed by atoms with Crippen LogP contribution >= 0.6 is 0 Å².